The molecule has 0 fully saturated rings. The summed E-state index contributed by atoms with van der Waals surface area (Å²) in [6.45, 7) is 2.52. The Balaban J connectivity index is 1.67. The van der Waals surface area contributed by atoms with Crippen molar-refractivity contribution in [3.05, 3.63) is 72.7 Å². The van der Waals surface area contributed by atoms with Crippen LogP contribution in [-0.2, 0) is 10.0 Å². The van der Waals surface area contributed by atoms with Gasteiger partial charge in [-0.05, 0) is 67.6 Å². The molecule has 27 heavy (non-hydrogen) atoms. The smallest absolute Gasteiger partial charge is 0.261 e. The number of halogens is 1. The molecule has 0 saturated carbocycles. The lowest BCUT2D eigenvalue weighted by Gasteiger charge is -2.10. The van der Waals surface area contributed by atoms with Gasteiger partial charge in [-0.15, -0.1) is 0 Å². The van der Waals surface area contributed by atoms with Gasteiger partial charge in [0.25, 0.3) is 10.0 Å². The molecule has 0 unspecified atom stereocenters. The van der Waals surface area contributed by atoms with Crippen molar-refractivity contribution < 1.29 is 17.5 Å². The minimum absolute atomic E-state index is 0.0273. The fourth-order valence-electron chi connectivity index (χ4n) is 2.31. The van der Waals surface area contributed by atoms with Crippen LogP contribution in [0, 0.1) is 5.82 Å². The first-order valence-electron chi connectivity index (χ1n) is 8.20. The summed E-state index contributed by atoms with van der Waals surface area (Å²) in [6, 6.07) is 15.2. The third-order valence-corrected chi connectivity index (χ3v) is 4.97. The average Bonchev–Trinajstić information content (AvgIpc) is 2.65. The number of anilines is 3. The van der Waals surface area contributed by atoms with Gasteiger partial charge in [-0.3, -0.25) is 4.72 Å². The van der Waals surface area contributed by atoms with E-state index < -0.39 is 15.8 Å². The van der Waals surface area contributed by atoms with Gasteiger partial charge in [0.2, 0.25) is 0 Å². The first kappa shape index (κ1) is 18.7. The van der Waals surface area contributed by atoms with Crippen molar-refractivity contribution in [1.82, 2.24) is 4.98 Å². The molecule has 2 N–H and O–H groups in total. The fraction of sp³-hybridized carbons (Fsp3) is 0.105. The number of ether oxygens (including phenoxy) is 1. The second kappa shape index (κ2) is 8.05. The molecular formula is C19H18FN3O3S. The van der Waals surface area contributed by atoms with E-state index in [9.17, 15) is 12.8 Å². The summed E-state index contributed by atoms with van der Waals surface area (Å²) in [5.74, 6) is 0.839. The zero-order chi connectivity index (χ0) is 19.3. The second-order valence-electron chi connectivity index (χ2n) is 5.57. The molecule has 0 atom stereocenters. The molecular weight excluding hydrogens is 369 g/mol. The van der Waals surface area contributed by atoms with Crippen LogP contribution in [0.25, 0.3) is 0 Å². The van der Waals surface area contributed by atoms with Gasteiger partial charge >= 0.3 is 0 Å². The second-order valence-corrected chi connectivity index (χ2v) is 7.26. The maximum atomic E-state index is 12.9. The van der Waals surface area contributed by atoms with Crippen molar-refractivity contribution in [2.75, 3.05) is 16.6 Å². The minimum atomic E-state index is -3.80. The quantitative estimate of drug-likeness (QED) is 0.636. The Labute approximate surface area is 157 Å². The number of rotatable bonds is 7. The standard InChI is InChI=1S/C19H18FN3O3S/c1-2-26-17-8-5-15(6-9-17)22-19-12-7-16(13-21-19)23-27(24,25)18-10-3-14(20)4-11-18/h3-13,23H,2H2,1H3,(H,21,22). The highest BCUT2D eigenvalue weighted by Crippen LogP contribution is 2.21. The SMILES string of the molecule is CCOc1ccc(Nc2ccc(NS(=O)(=O)c3ccc(F)cc3)cn2)cc1. The molecule has 0 amide bonds. The van der Waals surface area contributed by atoms with E-state index in [1.807, 2.05) is 31.2 Å². The Morgan fingerprint density at radius 3 is 2.22 bits per heavy atom. The van der Waals surface area contributed by atoms with Crippen molar-refractivity contribution in [3.63, 3.8) is 0 Å². The molecule has 0 bridgehead atoms. The van der Waals surface area contributed by atoms with Crippen LogP contribution in [0.5, 0.6) is 5.75 Å². The lowest BCUT2D eigenvalue weighted by Crippen LogP contribution is -2.13. The molecule has 0 spiro atoms. The van der Waals surface area contributed by atoms with Gasteiger partial charge < -0.3 is 10.1 Å². The predicted molar refractivity (Wildman–Crippen MR) is 102 cm³/mol. The van der Waals surface area contributed by atoms with Crippen molar-refractivity contribution in [1.29, 1.82) is 0 Å². The Kier molecular flexibility index (Phi) is 5.56. The van der Waals surface area contributed by atoms with Crippen molar-refractivity contribution in [2.45, 2.75) is 11.8 Å². The Morgan fingerprint density at radius 2 is 1.63 bits per heavy atom. The lowest BCUT2D eigenvalue weighted by molar-refractivity contribution is 0.340. The predicted octanol–water partition coefficient (Wildman–Crippen LogP) is 4.16. The number of hydrogen-bond donors (Lipinski definition) is 2. The molecule has 0 aliphatic heterocycles. The number of aromatic nitrogens is 1. The summed E-state index contributed by atoms with van der Waals surface area (Å²) in [5.41, 5.74) is 1.13. The van der Waals surface area contributed by atoms with Gasteiger partial charge in [0.15, 0.2) is 0 Å². The Morgan fingerprint density at radius 1 is 0.963 bits per heavy atom. The van der Waals surface area contributed by atoms with Crippen LogP contribution in [0.4, 0.5) is 21.6 Å². The molecule has 6 nitrogen and oxygen atoms in total. The van der Waals surface area contributed by atoms with Gasteiger partial charge in [0.05, 0.1) is 23.4 Å². The largest absolute Gasteiger partial charge is 0.494 e. The van der Waals surface area contributed by atoms with Gasteiger partial charge in [0.1, 0.15) is 17.4 Å². The zero-order valence-corrected chi connectivity index (χ0v) is 15.3. The third-order valence-electron chi connectivity index (χ3n) is 3.58. The summed E-state index contributed by atoms with van der Waals surface area (Å²) in [5, 5.41) is 3.12. The van der Waals surface area contributed by atoms with Gasteiger partial charge in [0, 0.05) is 5.69 Å². The normalized spacial score (nSPS) is 11.0. The minimum Gasteiger partial charge on any atom is -0.494 e. The average molecular weight is 387 g/mol. The third kappa shape index (κ3) is 4.95. The molecule has 3 rings (SSSR count). The van der Waals surface area contributed by atoms with Gasteiger partial charge in [-0.25, -0.2) is 17.8 Å². The number of benzene rings is 2. The molecule has 8 heteroatoms. The number of nitrogens with zero attached hydrogens (tertiary/aromatic N) is 1. The first-order valence-corrected chi connectivity index (χ1v) is 9.69. The monoisotopic (exact) mass is 387 g/mol. The summed E-state index contributed by atoms with van der Waals surface area (Å²) in [7, 11) is -3.80. The van der Waals surface area contributed by atoms with Gasteiger partial charge in [-0.2, -0.15) is 0 Å². The van der Waals surface area contributed by atoms with Crippen LogP contribution < -0.4 is 14.8 Å². The highest BCUT2D eigenvalue weighted by atomic mass is 32.2. The van der Waals surface area contributed by atoms with Crippen LogP contribution in [0.2, 0.25) is 0 Å². The highest BCUT2D eigenvalue weighted by molar-refractivity contribution is 7.92. The van der Waals surface area contributed by atoms with E-state index in [0.717, 1.165) is 23.6 Å². The van der Waals surface area contributed by atoms with Crippen LogP contribution in [0.1, 0.15) is 6.92 Å². The molecule has 2 aromatic carbocycles. The number of pyridine rings is 1. The first-order chi connectivity index (χ1) is 13.0. The van der Waals surface area contributed by atoms with Crippen LogP contribution >= 0.6 is 0 Å². The van der Waals surface area contributed by atoms with E-state index in [-0.39, 0.29) is 4.90 Å². The van der Waals surface area contributed by atoms with E-state index >= 15 is 0 Å². The van der Waals surface area contributed by atoms with E-state index in [2.05, 4.69) is 15.0 Å². The summed E-state index contributed by atoms with van der Waals surface area (Å²) in [6.07, 6.45) is 1.40. The summed E-state index contributed by atoms with van der Waals surface area (Å²) < 4.78 is 45.3. The van der Waals surface area contributed by atoms with Crippen LogP contribution in [0.15, 0.2) is 71.8 Å². The molecule has 0 aliphatic carbocycles. The topological polar surface area (TPSA) is 80.3 Å². The summed E-state index contributed by atoms with van der Waals surface area (Å²) in [4.78, 5) is 4.17. The van der Waals surface area contributed by atoms with Crippen molar-refractivity contribution in [2.24, 2.45) is 0 Å². The van der Waals surface area contributed by atoms with E-state index in [1.54, 1.807) is 12.1 Å². The molecule has 3 aromatic rings. The molecule has 1 heterocycles. The Hall–Kier alpha value is -3.13. The Bertz CT molecular complexity index is 990. The van der Waals surface area contributed by atoms with Crippen molar-refractivity contribution in [3.8, 4) is 5.75 Å². The molecule has 0 aliphatic rings. The van der Waals surface area contributed by atoms with E-state index in [1.165, 1.54) is 18.3 Å². The van der Waals surface area contributed by atoms with Crippen LogP contribution in [0.3, 0.4) is 0 Å². The number of hydrogen-bond acceptors (Lipinski definition) is 5. The maximum Gasteiger partial charge on any atom is 0.261 e. The highest BCUT2D eigenvalue weighted by Gasteiger charge is 2.14. The van der Waals surface area contributed by atoms with E-state index in [4.69, 9.17) is 4.74 Å². The molecule has 1 aromatic heterocycles. The lowest BCUT2D eigenvalue weighted by atomic mass is 10.3. The molecule has 140 valence electrons. The fourth-order valence-corrected chi connectivity index (χ4v) is 3.35. The number of sulfonamides is 1. The van der Waals surface area contributed by atoms with Crippen molar-refractivity contribution >= 4 is 27.2 Å². The zero-order valence-electron chi connectivity index (χ0n) is 14.5. The maximum absolute atomic E-state index is 12.9. The van der Waals surface area contributed by atoms with Gasteiger partial charge in [-0.1, -0.05) is 0 Å². The molecule has 0 radical (unpaired) electrons. The summed E-state index contributed by atoms with van der Waals surface area (Å²) >= 11 is 0. The van der Waals surface area contributed by atoms with E-state index in [0.29, 0.717) is 18.1 Å². The van der Waals surface area contributed by atoms with Crippen LogP contribution in [-0.4, -0.2) is 20.0 Å². The molecule has 0 saturated heterocycles. The number of nitrogens with one attached hydrogen (secondary N) is 2.